The highest BCUT2D eigenvalue weighted by molar-refractivity contribution is 4.87. The van der Waals surface area contributed by atoms with Gasteiger partial charge in [-0.15, -0.1) is 0 Å². The molecule has 1 aromatic rings. The van der Waals surface area contributed by atoms with Crippen molar-refractivity contribution in [2.45, 2.75) is 18.6 Å². The first-order valence-electron chi connectivity index (χ1n) is 3.16. The van der Waals surface area contributed by atoms with Crippen LogP contribution in [0.2, 0.25) is 0 Å². The average molecular weight is 180 g/mol. The van der Waals surface area contributed by atoms with Gasteiger partial charge in [-0.25, -0.2) is 4.98 Å². The van der Waals surface area contributed by atoms with Crippen LogP contribution in [0.15, 0.2) is 6.33 Å². The van der Waals surface area contributed by atoms with Crippen LogP contribution in [0.3, 0.4) is 0 Å². The van der Waals surface area contributed by atoms with E-state index in [4.69, 9.17) is 5.73 Å². The lowest BCUT2D eigenvalue weighted by Crippen LogP contribution is -2.39. The van der Waals surface area contributed by atoms with Gasteiger partial charge in [0, 0.05) is 6.42 Å². The quantitative estimate of drug-likeness (QED) is 0.684. The van der Waals surface area contributed by atoms with E-state index in [-0.39, 0.29) is 12.2 Å². The van der Waals surface area contributed by atoms with E-state index in [0.29, 0.717) is 0 Å². The van der Waals surface area contributed by atoms with Crippen LogP contribution < -0.4 is 5.73 Å². The number of nitrogens with one attached hydrogen (secondary N) is 1. The predicted molar refractivity (Wildman–Crippen MR) is 34.1 cm³/mol. The topological polar surface area (TPSA) is 67.6 Å². The van der Waals surface area contributed by atoms with Gasteiger partial charge in [-0.05, 0) is 0 Å². The van der Waals surface area contributed by atoms with Crippen molar-refractivity contribution in [3.05, 3.63) is 12.2 Å². The fourth-order valence-corrected chi connectivity index (χ4v) is 0.653. The van der Waals surface area contributed by atoms with Crippen molar-refractivity contribution in [1.29, 1.82) is 0 Å². The molecule has 0 radical (unpaired) electrons. The highest BCUT2D eigenvalue weighted by Gasteiger charge is 2.37. The van der Waals surface area contributed by atoms with Crippen molar-refractivity contribution < 1.29 is 13.2 Å². The van der Waals surface area contributed by atoms with Crippen LogP contribution in [-0.2, 0) is 6.42 Å². The van der Waals surface area contributed by atoms with Gasteiger partial charge in [-0.3, -0.25) is 5.10 Å². The van der Waals surface area contributed by atoms with Crippen molar-refractivity contribution in [2.24, 2.45) is 5.73 Å². The summed E-state index contributed by atoms with van der Waals surface area (Å²) in [5, 5.41) is 5.70. The number of hydrogen-bond donors (Lipinski definition) is 2. The molecule has 3 N–H and O–H groups in total. The average Bonchev–Trinajstić information content (AvgIpc) is 2.37. The molecule has 1 unspecified atom stereocenters. The molecule has 1 aromatic heterocycles. The Kier molecular flexibility index (Phi) is 2.32. The van der Waals surface area contributed by atoms with Gasteiger partial charge in [0.1, 0.15) is 18.2 Å². The molecule has 0 saturated heterocycles. The number of nitrogens with zero attached hydrogens (tertiary/aromatic N) is 2. The van der Waals surface area contributed by atoms with Crippen LogP contribution in [-0.4, -0.2) is 27.4 Å². The zero-order valence-electron chi connectivity index (χ0n) is 5.97. The second-order valence-electron chi connectivity index (χ2n) is 2.28. The Hall–Kier alpha value is -1.11. The summed E-state index contributed by atoms with van der Waals surface area (Å²) in [6.07, 6.45) is -3.62. The number of nitrogens with two attached hydrogens (primary N) is 1. The first kappa shape index (κ1) is 8.98. The second kappa shape index (κ2) is 3.10. The number of hydrogen-bond acceptors (Lipinski definition) is 3. The van der Waals surface area contributed by atoms with Crippen LogP contribution in [0.5, 0.6) is 0 Å². The molecular formula is C5H7F3N4. The lowest BCUT2D eigenvalue weighted by atomic mass is 10.2. The van der Waals surface area contributed by atoms with Crippen molar-refractivity contribution in [3.8, 4) is 0 Å². The van der Waals surface area contributed by atoms with Gasteiger partial charge >= 0.3 is 6.18 Å². The predicted octanol–water partition coefficient (Wildman–Crippen LogP) is 0.237. The Morgan fingerprint density at radius 3 is 2.67 bits per heavy atom. The summed E-state index contributed by atoms with van der Waals surface area (Å²) in [5.74, 6) is 0.139. The first-order valence-corrected chi connectivity index (χ1v) is 3.16. The van der Waals surface area contributed by atoms with Gasteiger partial charge in [0.2, 0.25) is 0 Å². The summed E-state index contributed by atoms with van der Waals surface area (Å²) in [7, 11) is 0. The number of aromatic amines is 1. The van der Waals surface area contributed by atoms with Gasteiger partial charge in [0.05, 0.1) is 0 Å². The molecule has 0 aliphatic carbocycles. The molecule has 1 rings (SSSR count). The minimum absolute atomic E-state index is 0.139. The Morgan fingerprint density at radius 1 is 1.58 bits per heavy atom. The zero-order chi connectivity index (χ0) is 9.19. The maximum Gasteiger partial charge on any atom is 0.404 e. The van der Waals surface area contributed by atoms with Gasteiger partial charge in [0.25, 0.3) is 0 Å². The first-order chi connectivity index (χ1) is 5.50. The van der Waals surface area contributed by atoms with Crippen molar-refractivity contribution in [3.63, 3.8) is 0 Å². The van der Waals surface area contributed by atoms with Gasteiger partial charge in [0.15, 0.2) is 0 Å². The van der Waals surface area contributed by atoms with Crippen molar-refractivity contribution in [2.75, 3.05) is 0 Å². The molecule has 12 heavy (non-hydrogen) atoms. The van der Waals surface area contributed by atoms with Gasteiger partial charge in [-0.1, -0.05) is 0 Å². The third kappa shape index (κ3) is 2.19. The maximum atomic E-state index is 11.9. The number of halogens is 3. The summed E-state index contributed by atoms with van der Waals surface area (Å²) in [4.78, 5) is 3.52. The lowest BCUT2D eigenvalue weighted by molar-refractivity contribution is -0.147. The molecule has 0 spiro atoms. The number of H-pyrrole nitrogens is 1. The molecule has 0 saturated carbocycles. The fraction of sp³-hybridized carbons (Fsp3) is 0.600. The molecule has 0 amide bonds. The minimum atomic E-state index is -4.38. The van der Waals surface area contributed by atoms with Gasteiger partial charge < -0.3 is 5.73 Å². The summed E-state index contributed by atoms with van der Waals surface area (Å²) in [6.45, 7) is 0. The smallest absolute Gasteiger partial charge is 0.320 e. The number of aromatic nitrogens is 3. The van der Waals surface area contributed by atoms with E-state index in [0.717, 1.165) is 6.33 Å². The summed E-state index contributed by atoms with van der Waals surface area (Å²) in [6, 6.07) is -1.88. The molecule has 0 aliphatic heterocycles. The van der Waals surface area contributed by atoms with E-state index in [9.17, 15) is 13.2 Å². The summed E-state index contributed by atoms with van der Waals surface area (Å²) >= 11 is 0. The zero-order valence-corrected chi connectivity index (χ0v) is 5.97. The highest BCUT2D eigenvalue weighted by atomic mass is 19.4. The summed E-state index contributed by atoms with van der Waals surface area (Å²) in [5.41, 5.74) is 4.83. The monoisotopic (exact) mass is 180 g/mol. The van der Waals surface area contributed by atoms with Crippen LogP contribution in [0.1, 0.15) is 5.82 Å². The Labute approximate surface area is 66.0 Å². The van der Waals surface area contributed by atoms with Crippen molar-refractivity contribution >= 4 is 0 Å². The highest BCUT2D eigenvalue weighted by Crippen LogP contribution is 2.19. The normalized spacial score (nSPS) is 14.7. The van der Waals surface area contributed by atoms with Crippen LogP contribution in [0.25, 0.3) is 0 Å². The van der Waals surface area contributed by atoms with Crippen LogP contribution in [0, 0.1) is 0 Å². The molecule has 4 nitrogen and oxygen atoms in total. The van der Waals surface area contributed by atoms with E-state index in [2.05, 4.69) is 15.2 Å². The fourth-order valence-electron chi connectivity index (χ4n) is 0.653. The van der Waals surface area contributed by atoms with E-state index in [1.165, 1.54) is 0 Å². The van der Waals surface area contributed by atoms with E-state index >= 15 is 0 Å². The molecule has 0 aliphatic rings. The lowest BCUT2D eigenvalue weighted by Gasteiger charge is -2.13. The van der Waals surface area contributed by atoms with E-state index in [1.54, 1.807) is 0 Å². The third-order valence-electron chi connectivity index (χ3n) is 1.30. The minimum Gasteiger partial charge on any atom is -0.320 e. The van der Waals surface area contributed by atoms with Crippen LogP contribution >= 0.6 is 0 Å². The molecule has 1 heterocycles. The third-order valence-corrected chi connectivity index (χ3v) is 1.30. The van der Waals surface area contributed by atoms with E-state index < -0.39 is 12.2 Å². The number of rotatable bonds is 2. The van der Waals surface area contributed by atoms with Crippen LogP contribution in [0.4, 0.5) is 13.2 Å². The Morgan fingerprint density at radius 2 is 2.25 bits per heavy atom. The molecule has 68 valence electrons. The molecule has 0 bridgehead atoms. The Bertz CT molecular complexity index is 229. The molecule has 0 fully saturated rings. The van der Waals surface area contributed by atoms with Gasteiger partial charge in [-0.2, -0.15) is 18.3 Å². The molecule has 7 heteroatoms. The van der Waals surface area contributed by atoms with E-state index in [1.807, 2.05) is 0 Å². The maximum absolute atomic E-state index is 11.9. The molecule has 0 aromatic carbocycles. The van der Waals surface area contributed by atoms with Crippen molar-refractivity contribution in [1.82, 2.24) is 15.2 Å². The molecular weight excluding hydrogens is 173 g/mol. The summed E-state index contributed by atoms with van der Waals surface area (Å²) < 4.78 is 35.6. The second-order valence-corrected chi connectivity index (χ2v) is 2.28. The largest absolute Gasteiger partial charge is 0.404 e. The standard InChI is InChI=1S/C5H7F3N4/c6-5(7,8)3(9)1-4-10-2-11-12-4/h2-3H,1,9H2,(H,10,11,12). The number of alkyl halides is 3. The Balaban J connectivity index is 2.53. The SMILES string of the molecule is NC(Cc1ncn[nH]1)C(F)(F)F. The molecule has 1 atom stereocenters.